The molecule has 8 nitrogen and oxygen atoms in total. The lowest BCUT2D eigenvalue weighted by atomic mass is 10.1. The molecule has 29 heavy (non-hydrogen) atoms. The van der Waals surface area contributed by atoms with Crippen LogP contribution < -0.4 is 14.8 Å². The van der Waals surface area contributed by atoms with Crippen LogP contribution in [0.4, 0.5) is 11.5 Å². The van der Waals surface area contributed by atoms with E-state index in [9.17, 15) is 15.3 Å². The molecule has 5 rings (SSSR count). The smallest absolute Gasteiger partial charge is 0.231 e. The van der Waals surface area contributed by atoms with Crippen molar-refractivity contribution in [1.29, 1.82) is 0 Å². The minimum absolute atomic E-state index is 0.188. The number of fused-ring (bicyclic) bond motifs is 2. The summed E-state index contributed by atoms with van der Waals surface area (Å²) in [4.78, 5) is 9.09. The van der Waals surface area contributed by atoms with Crippen molar-refractivity contribution in [3.63, 3.8) is 0 Å². The number of phenolic OH excluding ortho intramolecular Hbond substituents is 3. The molecule has 1 aromatic heterocycles. The number of para-hydroxylation sites is 1. The van der Waals surface area contributed by atoms with Gasteiger partial charge in [-0.15, -0.1) is 0 Å². The molecule has 8 heteroatoms. The Morgan fingerprint density at radius 3 is 2.41 bits per heavy atom. The Hall–Kier alpha value is -4.20. The first-order valence-corrected chi connectivity index (χ1v) is 8.77. The number of phenols is 3. The number of aromatic nitrogens is 2. The van der Waals surface area contributed by atoms with Gasteiger partial charge in [-0.05, 0) is 36.4 Å². The van der Waals surface area contributed by atoms with Crippen LogP contribution in [0.5, 0.6) is 28.7 Å². The Balaban J connectivity index is 1.63. The summed E-state index contributed by atoms with van der Waals surface area (Å²) in [7, 11) is 0. The molecule has 4 N–H and O–H groups in total. The molecule has 0 aliphatic carbocycles. The van der Waals surface area contributed by atoms with Crippen molar-refractivity contribution in [1.82, 2.24) is 9.97 Å². The van der Waals surface area contributed by atoms with Gasteiger partial charge in [-0.1, -0.05) is 12.1 Å². The Morgan fingerprint density at radius 1 is 0.828 bits per heavy atom. The van der Waals surface area contributed by atoms with Gasteiger partial charge in [0.25, 0.3) is 0 Å². The zero-order chi connectivity index (χ0) is 20.0. The van der Waals surface area contributed by atoms with Crippen molar-refractivity contribution in [2.24, 2.45) is 0 Å². The highest BCUT2D eigenvalue weighted by Crippen LogP contribution is 2.39. The number of anilines is 2. The van der Waals surface area contributed by atoms with Crippen LogP contribution >= 0.6 is 0 Å². The minimum atomic E-state index is -0.590. The highest BCUT2D eigenvalue weighted by atomic mass is 16.7. The number of benzene rings is 3. The van der Waals surface area contributed by atoms with Crippen molar-refractivity contribution >= 4 is 22.4 Å². The zero-order valence-electron chi connectivity index (χ0n) is 15.0. The number of nitrogens with one attached hydrogen (secondary N) is 1. The van der Waals surface area contributed by atoms with Crippen molar-refractivity contribution in [3.05, 3.63) is 54.6 Å². The molecule has 0 saturated carbocycles. The molecular weight excluding hydrogens is 374 g/mol. The van der Waals surface area contributed by atoms with Gasteiger partial charge in [-0.2, -0.15) is 0 Å². The lowest BCUT2D eigenvalue weighted by Crippen LogP contribution is -1.99. The summed E-state index contributed by atoms with van der Waals surface area (Å²) in [6, 6.07) is 15.5. The third-order valence-electron chi connectivity index (χ3n) is 4.57. The Kier molecular flexibility index (Phi) is 3.77. The van der Waals surface area contributed by atoms with E-state index in [4.69, 9.17) is 9.47 Å². The van der Waals surface area contributed by atoms with Crippen molar-refractivity contribution in [2.45, 2.75) is 0 Å². The molecule has 0 atom stereocenters. The van der Waals surface area contributed by atoms with E-state index in [2.05, 4.69) is 15.3 Å². The van der Waals surface area contributed by atoms with Gasteiger partial charge in [0.1, 0.15) is 5.82 Å². The second-order valence-electron chi connectivity index (χ2n) is 6.47. The van der Waals surface area contributed by atoms with Crippen molar-refractivity contribution in [3.8, 4) is 40.1 Å². The van der Waals surface area contributed by atoms with Crippen LogP contribution in [0, 0.1) is 0 Å². The third kappa shape index (κ3) is 2.96. The molecule has 0 spiro atoms. The van der Waals surface area contributed by atoms with Crippen LogP contribution in [0.15, 0.2) is 54.6 Å². The van der Waals surface area contributed by atoms with Crippen LogP contribution in [0.25, 0.3) is 22.3 Å². The SMILES string of the molecule is Oc1cc(-c2nc(Nc3ccc4c(c3)OCO4)c3ccccc3n2)cc(O)c1O. The van der Waals surface area contributed by atoms with Gasteiger partial charge in [0.15, 0.2) is 34.6 Å². The average Bonchev–Trinajstić information content (AvgIpc) is 3.19. The predicted molar refractivity (Wildman–Crippen MR) is 106 cm³/mol. The number of hydrogen-bond acceptors (Lipinski definition) is 8. The number of rotatable bonds is 3. The summed E-state index contributed by atoms with van der Waals surface area (Å²) in [5.74, 6) is 0.632. The summed E-state index contributed by atoms with van der Waals surface area (Å²) >= 11 is 0. The molecule has 2 heterocycles. The molecule has 0 amide bonds. The molecule has 1 aliphatic heterocycles. The van der Waals surface area contributed by atoms with Gasteiger partial charge in [-0.3, -0.25) is 0 Å². The summed E-state index contributed by atoms with van der Waals surface area (Å²) < 4.78 is 10.8. The Bertz CT molecular complexity index is 1240. The van der Waals surface area contributed by atoms with Crippen molar-refractivity contribution in [2.75, 3.05) is 12.1 Å². The second-order valence-corrected chi connectivity index (χ2v) is 6.47. The van der Waals surface area contributed by atoms with E-state index < -0.39 is 17.2 Å². The maximum atomic E-state index is 9.84. The maximum Gasteiger partial charge on any atom is 0.231 e. The zero-order valence-corrected chi connectivity index (χ0v) is 15.0. The minimum Gasteiger partial charge on any atom is -0.504 e. The third-order valence-corrected chi connectivity index (χ3v) is 4.57. The number of hydrogen-bond donors (Lipinski definition) is 4. The highest BCUT2D eigenvalue weighted by Gasteiger charge is 2.16. The molecule has 0 bridgehead atoms. The fourth-order valence-electron chi connectivity index (χ4n) is 3.15. The Labute approximate surface area is 164 Å². The monoisotopic (exact) mass is 389 g/mol. The van der Waals surface area contributed by atoms with Crippen molar-refractivity contribution < 1.29 is 24.8 Å². The molecule has 0 saturated heterocycles. The first kappa shape index (κ1) is 16.9. The van der Waals surface area contributed by atoms with Crippen LogP contribution in [0.1, 0.15) is 0 Å². The normalized spacial score (nSPS) is 12.3. The predicted octanol–water partition coefficient (Wildman–Crippen LogP) is 3.89. The lowest BCUT2D eigenvalue weighted by Gasteiger charge is -2.12. The molecule has 4 aromatic rings. The summed E-state index contributed by atoms with van der Waals surface area (Å²) in [6.45, 7) is 0.188. The highest BCUT2D eigenvalue weighted by molar-refractivity contribution is 5.92. The molecule has 0 radical (unpaired) electrons. The van der Waals surface area contributed by atoms with Crippen LogP contribution in [-0.4, -0.2) is 32.1 Å². The molecular formula is C21H15N3O5. The standard InChI is InChI=1S/C21H15N3O5/c25-15-7-11(8-16(26)19(15)27)20-23-14-4-2-1-3-13(14)21(24-20)22-12-5-6-17-18(9-12)29-10-28-17/h1-9,25-27H,10H2,(H,22,23,24). The van der Waals surface area contributed by atoms with E-state index in [1.165, 1.54) is 12.1 Å². The van der Waals surface area contributed by atoms with Gasteiger partial charge in [0.2, 0.25) is 6.79 Å². The van der Waals surface area contributed by atoms with E-state index in [1.807, 2.05) is 42.5 Å². The van der Waals surface area contributed by atoms with E-state index in [0.29, 0.717) is 28.4 Å². The first-order chi connectivity index (χ1) is 14.1. The van der Waals surface area contributed by atoms with E-state index >= 15 is 0 Å². The van der Waals surface area contributed by atoms with Crippen LogP contribution in [-0.2, 0) is 0 Å². The molecule has 3 aromatic carbocycles. The Morgan fingerprint density at radius 2 is 1.59 bits per heavy atom. The van der Waals surface area contributed by atoms with Gasteiger partial charge in [0, 0.05) is 22.7 Å². The molecule has 144 valence electrons. The molecule has 0 unspecified atom stereocenters. The summed E-state index contributed by atoms with van der Waals surface area (Å²) in [5.41, 5.74) is 1.78. The quantitative estimate of drug-likeness (QED) is 0.390. The number of ether oxygens (including phenoxy) is 2. The fourth-order valence-corrected chi connectivity index (χ4v) is 3.15. The summed E-state index contributed by atoms with van der Waals surface area (Å²) in [5, 5.41) is 33.3. The van der Waals surface area contributed by atoms with E-state index in [1.54, 1.807) is 0 Å². The second kappa shape index (κ2) is 6.45. The van der Waals surface area contributed by atoms with Gasteiger partial charge >= 0.3 is 0 Å². The largest absolute Gasteiger partial charge is 0.504 e. The number of aromatic hydroxyl groups is 3. The van der Waals surface area contributed by atoms with E-state index in [0.717, 1.165) is 11.1 Å². The molecule has 1 aliphatic rings. The summed E-state index contributed by atoms with van der Waals surface area (Å²) in [6.07, 6.45) is 0. The van der Waals surface area contributed by atoms with Crippen LogP contribution in [0.2, 0.25) is 0 Å². The maximum absolute atomic E-state index is 9.84. The topological polar surface area (TPSA) is 117 Å². The van der Waals surface area contributed by atoms with Crippen LogP contribution in [0.3, 0.4) is 0 Å². The molecule has 0 fully saturated rings. The number of nitrogens with zero attached hydrogens (tertiary/aromatic N) is 2. The van der Waals surface area contributed by atoms with Gasteiger partial charge < -0.3 is 30.1 Å². The van der Waals surface area contributed by atoms with Gasteiger partial charge in [-0.25, -0.2) is 9.97 Å². The fraction of sp³-hybridized carbons (Fsp3) is 0.0476. The average molecular weight is 389 g/mol. The first-order valence-electron chi connectivity index (χ1n) is 8.77. The van der Waals surface area contributed by atoms with E-state index in [-0.39, 0.29) is 12.6 Å². The lowest BCUT2D eigenvalue weighted by molar-refractivity contribution is 0.174. The van der Waals surface area contributed by atoms with Gasteiger partial charge in [0.05, 0.1) is 5.52 Å².